The number of hydrogen-bond donors (Lipinski definition) is 2. The van der Waals surface area contributed by atoms with Crippen LogP contribution in [0.3, 0.4) is 0 Å². The Hall–Kier alpha value is -4.15. The molecular formula is C27H33N7O4. The van der Waals surface area contributed by atoms with Crippen LogP contribution in [0.4, 0.5) is 10.6 Å². The summed E-state index contributed by atoms with van der Waals surface area (Å²) in [5.41, 5.74) is 1.28. The number of carbonyl (C=O) groups excluding carboxylic acids is 2. The lowest BCUT2D eigenvalue weighted by molar-refractivity contribution is 0.0626. The van der Waals surface area contributed by atoms with Gasteiger partial charge in [-0.05, 0) is 49.3 Å². The van der Waals surface area contributed by atoms with E-state index in [0.717, 1.165) is 36.6 Å². The van der Waals surface area contributed by atoms with E-state index in [-0.39, 0.29) is 22.9 Å². The molecule has 1 aliphatic carbocycles. The van der Waals surface area contributed by atoms with E-state index in [0.29, 0.717) is 22.8 Å². The van der Waals surface area contributed by atoms with Crippen LogP contribution < -0.4 is 15.4 Å². The molecule has 4 aromatic rings. The molecule has 0 atom stereocenters. The average Bonchev–Trinajstić information content (AvgIpc) is 3.51. The zero-order valence-corrected chi connectivity index (χ0v) is 22.3. The fourth-order valence-electron chi connectivity index (χ4n) is 5.37. The summed E-state index contributed by atoms with van der Waals surface area (Å²) in [5.74, 6) is 0.568. The van der Waals surface area contributed by atoms with Crippen molar-refractivity contribution in [3.8, 4) is 5.75 Å². The molecular weight excluding hydrogens is 486 g/mol. The molecule has 3 aromatic heterocycles. The van der Waals surface area contributed by atoms with Crippen molar-refractivity contribution in [3.05, 3.63) is 48.4 Å². The summed E-state index contributed by atoms with van der Waals surface area (Å²) in [6.07, 6.45) is 8.08. The SMILES string of the molecule is COC(=O)NC1(C(C)(C)C)CCC(n2cc3cc(C(=O)Nc4cnc5cccnn45)c(OC)cc3n2)CC1. The predicted octanol–water partition coefficient (Wildman–Crippen LogP) is 4.60. The van der Waals surface area contributed by atoms with Gasteiger partial charge in [-0.2, -0.15) is 14.7 Å². The Bertz CT molecular complexity index is 1490. The molecule has 0 spiro atoms. The fourth-order valence-corrected chi connectivity index (χ4v) is 5.37. The summed E-state index contributed by atoms with van der Waals surface area (Å²) in [6.45, 7) is 6.44. The lowest BCUT2D eigenvalue weighted by atomic mass is 9.64. The number of nitrogens with one attached hydrogen (secondary N) is 2. The Labute approximate surface area is 220 Å². The monoisotopic (exact) mass is 519 g/mol. The van der Waals surface area contributed by atoms with E-state index >= 15 is 0 Å². The van der Waals surface area contributed by atoms with E-state index in [4.69, 9.17) is 14.6 Å². The van der Waals surface area contributed by atoms with Gasteiger partial charge in [-0.25, -0.2) is 9.78 Å². The maximum absolute atomic E-state index is 13.2. The van der Waals surface area contributed by atoms with E-state index < -0.39 is 6.09 Å². The van der Waals surface area contributed by atoms with E-state index in [9.17, 15) is 9.59 Å². The number of methoxy groups -OCH3 is 2. The van der Waals surface area contributed by atoms with Crippen molar-refractivity contribution in [1.82, 2.24) is 29.7 Å². The highest BCUT2D eigenvalue weighted by Gasteiger charge is 2.46. The van der Waals surface area contributed by atoms with Crippen LogP contribution in [-0.4, -0.2) is 56.1 Å². The minimum atomic E-state index is -0.402. The molecule has 1 aromatic carbocycles. The van der Waals surface area contributed by atoms with Crippen molar-refractivity contribution in [1.29, 1.82) is 0 Å². The van der Waals surface area contributed by atoms with Crippen LogP contribution in [0.5, 0.6) is 5.75 Å². The van der Waals surface area contributed by atoms with Gasteiger partial charge in [-0.15, -0.1) is 0 Å². The second kappa shape index (κ2) is 9.62. The molecule has 0 bridgehead atoms. The van der Waals surface area contributed by atoms with Gasteiger partial charge in [0.2, 0.25) is 0 Å². The topological polar surface area (TPSA) is 125 Å². The molecule has 11 nitrogen and oxygen atoms in total. The molecule has 0 saturated heterocycles. The number of imidazole rings is 1. The molecule has 0 aliphatic heterocycles. The second-order valence-corrected chi connectivity index (χ2v) is 10.8. The summed E-state index contributed by atoms with van der Waals surface area (Å²) in [4.78, 5) is 29.6. The predicted molar refractivity (Wildman–Crippen MR) is 142 cm³/mol. The maximum atomic E-state index is 13.2. The molecule has 38 heavy (non-hydrogen) atoms. The molecule has 1 saturated carbocycles. The van der Waals surface area contributed by atoms with Gasteiger partial charge < -0.3 is 20.1 Å². The summed E-state index contributed by atoms with van der Waals surface area (Å²) < 4.78 is 14.0. The second-order valence-electron chi connectivity index (χ2n) is 10.8. The van der Waals surface area contributed by atoms with Gasteiger partial charge in [0.1, 0.15) is 5.75 Å². The molecule has 2 N–H and O–H groups in total. The van der Waals surface area contributed by atoms with Crippen molar-refractivity contribution < 1.29 is 19.1 Å². The van der Waals surface area contributed by atoms with Crippen molar-refractivity contribution in [2.24, 2.45) is 5.41 Å². The van der Waals surface area contributed by atoms with Crippen molar-refractivity contribution in [2.75, 3.05) is 19.5 Å². The Kier molecular flexibility index (Phi) is 6.46. The number of rotatable bonds is 5. The fraction of sp³-hybridized carbons (Fsp3) is 0.444. The van der Waals surface area contributed by atoms with Gasteiger partial charge in [-0.3, -0.25) is 9.48 Å². The van der Waals surface area contributed by atoms with Gasteiger partial charge in [0.05, 0.1) is 37.5 Å². The number of ether oxygens (including phenoxy) is 2. The third-order valence-electron chi connectivity index (χ3n) is 7.75. The lowest BCUT2D eigenvalue weighted by Gasteiger charge is -2.49. The summed E-state index contributed by atoms with van der Waals surface area (Å²) in [5, 5.41) is 15.9. The quantitative estimate of drug-likeness (QED) is 0.395. The normalized spacial score (nSPS) is 19.9. The van der Waals surface area contributed by atoms with Crippen molar-refractivity contribution in [2.45, 2.75) is 58.0 Å². The average molecular weight is 520 g/mol. The highest BCUT2D eigenvalue weighted by molar-refractivity contribution is 6.08. The lowest BCUT2D eigenvalue weighted by Crippen LogP contribution is -2.58. The van der Waals surface area contributed by atoms with Crippen LogP contribution in [0.1, 0.15) is 62.9 Å². The largest absolute Gasteiger partial charge is 0.496 e. The number of amides is 2. The molecule has 2 amide bonds. The Morgan fingerprint density at radius 3 is 2.61 bits per heavy atom. The number of anilines is 1. The van der Waals surface area contributed by atoms with Crippen LogP contribution in [0.15, 0.2) is 42.9 Å². The molecule has 0 unspecified atom stereocenters. The molecule has 5 rings (SSSR count). The highest BCUT2D eigenvalue weighted by Crippen LogP contribution is 2.45. The number of aromatic nitrogens is 5. The maximum Gasteiger partial charge on any atom is 0.407 e. The van der Waals surface area contributed by atoms with Gasteiger partial charge in [0.25, 0.3) is 5.91 Å². The van der Waals surface area contributed by atoms with E-state index in [2.05, 4.69) is 41.5 Å². The Balaban J connectivity index is 1.38. The molecule has 1 aliphatic rings. The van der Waals surface area contributed by atoms with E-state index in [1.165, 1.54) is 14.2 Å². The molecule has 11 heteroatoms. The first-order valence-electron chi connectivity index (χ1n) is 12.7. The summed E-state index contributed by atoms with van der Waals surface area (Å²) >= 11 is 0. The minimum Gasteiger partial charge on any atom is -0.496 e. The Morgan fingerprint density at radius 2 is 1.92 bits per heavy atom. The summed E-state index contributed by atoms with van der Waals surface area (Å²) in [6, 6.07) is 7.35. The first-order valence-corrected chi connectivity index (χ1v) is 12.7. The van der Waals surface area contributed by atoms with Crippen LogP contribution >= 0.6 is 0 Å². The van der Waals surface area contributed by atoms with Crippen molar-refractivity contribution >= 4 is 34.4 Å². The number of benzene rings is 1. The van der Waals surface area contributed by atoms with E-state index in [1.54, 1.807) is 35.1 Å². The van der Waals surface area contributed by atoms with Crippen LogP contribution in [-0.2, 0) is 4.74 Å². The number of alkyl carbamates (subject to hydrolysis) is 1. The molecule has 1 fully saturated rings. The highest BCUT2D eigenvalue weighted by atomic mass is 16.5. The molecule has 3 heterocycles. The van der Waals surface area contributed by atoms with Crippen LogP contribution in [0, 0.1) is 5.41 Å². The zero-order valence-electron chi connectivity index (χ0n) is 22.3. The molecule has 0 radical (unpaired) electrons. The van der Waals surface area contributed by atoms with Gasteiger partial charge in [-0.1, -0.05) is 20.8 Å². The molecule has 200 valence electrons. The number of carbonyl (C=O) groups is 2. The minimum absolute atomic E-state index is 0.132. The van der Waals surface area contributed by atoms with Crippen LogP contribution in [0.2, 0.25) is 0 Å². The standard InChI is InChI=1S/C27H33N7O4/c1-26(2,3)27(31-25(36)38-5)10-8-18(9-11-27)33-16-17-13-19(21(37-4)14-20(17)32-33)24(35)30-23-15-28-22-7-6-12-29-34(22)23/h6-7,12-16,18H,8-11H2,1-5H3,(H,30,35)(H,31,36). The third kappa shape index (κ3) is 4.52. The number of fused-ring (bicyclic) bond motifs is 2. The Morgan fingerprint density at radius 1 is 1.16 bits per heavy atom. The zero-order chi connectivity index (χ0) is 27.1. The van der Waals surface area contributed by atoms with Gasteiger partial charge in [0, 0.05) is 29.4 Å². The first-order chi connectivity index (χ1) is 18.1. The number of nitrogens with zero attached hydrogens (tertiary/aromatic N) is 5. The van der Waals surface area contributed by atoms with Gasteiger partial charge >= 0.3 is 6.09 Å². The number of hydrogen-bond acceptors (Lipinski definition) is 7. The first kappa shape index (κ1) is 25.5. The van der Waals surface area contributed by atoms with Gasteiger partial charge in [0.15, 0.2) is 11.5 Å². The summed E-state index contributed by atoms with van der Waals surface area (Å²) in [7, 11) is 2.93. The van der Waals surface area contributed by atoms with E-state index in [1.807, 2.05) is 16.9 Å². The smallest absolute Gasteiger partial charge is 0.407 e. The van der Waals surface area contributed by atoms with Crippen LogP contribution in [0.25, 0.3) is 16.6 Å². The van der Waals surface area contributed by atoms with Crippen molar-refractivity contribution in [3.63, 3.8) is 0 Å². The third-order valence-corrected chi connectivity index (χ3v) is 7.75.